The molecule has 86 valence electrons. The van der Waals surface area contributed by atoms with Gasteiger partial charge in [-0.1, -0.05) is 27.7 Å². The van der Waals surface area contributed by atoms with Crippen LogP contribution in [0.25, 0.3) is 0 Å². The summed E-state index contributed by atoms with van der Waals surface area (Å²) < 4.78 is 0. The largest absolute Gasteiger partial charge is 0.292 e. The zero-order chi connectivity index (χ0) is 12.2. The predicted molar refractivity (Wildman–Crippen MR) is 62.3 cm³/mol. The summed E-state index contributed by atoms with van der Waals surface area (Å²) >= 11 is 0. The Hall–Kier alpha value is -0.990. The molecule has 0 rings (SSSR count). The molecule has 0 radical (unpaired) electrons. The Morgan fingerprint density at radius 3 is 1.33 bits per heavy atom. The molecule has 0 aliphatic rings. The van der Waals surface area contributed by atoms with Crippen LogP contribution in [0.4, 0.5) is 0 Å². The maximum atomic E-state index is 11.8. The van der Waals surface area contributed by atoms with Gasteiger partial charge in [0.1, 0.15) is 5.71 Å². The van der Waals surface area contributed by atoms with Gasteiger partial charge in [-0.3, -0.25) is 14.6 Å². The molecule has 0 aromatic carbocycles. The van der Waals surface area contributed by atoms with Gasteiger partial charge in [-0.05, 0) is 13.8 Å². The third-order valence-corrected chi connectivity index (χ3v) is 1.90. The number of carbonyl (C=O) groups excluding carboxylic acids is 2. The molecule has 3 nitrogen and oxygen atoms in total. The van der Waals surface area contributed by atoms with E-state index >= 15 is 0 Å². The Morgan fingerprint density at radius 1 is 0.800 bits per heavy atom. The summed E-state index contributed by atoms with van der Waals surface area (Å²) in [6, 6.07) is -0.0228. The predicted octanol–water partition coefficient (Wildman–Crippen LogP) is 2.29. The maximum Gasteiger partial charge on any atom is 0.186 e. The van der Waals surface area contributed by atoms with Crippen LogP contribution in [0.15, 0.2) is 4.99 Å². The van der Waals surface area contributed by atoms with E-state index < -0.39 is 0 Å². The highest BCUT2D eigenvalue weighted by Crippen LogP contribution is 2.05. The molecule has 0 fully saturated rings. The van der Waals surface area contributed by atoms with Gasteiger partial charge in [-0.25, -0.2) is 0 Å². The lowest BCUT2D eigenvalue weighted by atomic mass is 9.95. The molecular weight excluding hydrogens is 190 g/mol. The van der Waals surface area contributed by atoms with Crippen LogP contribution in [-0.4, -0.2) is 23.3 Å². The summed E-state index contributed by atoms with van der Waals surface area (Å²) in [5.74, 6) is -0.653. The lowest BCUT2D eigenvalue weighted by molar-refractivity contribution is -0.119. The molecule has 0 aromatic rings. The van der Waals surface area contributed by atoms with Crippen LogP contribution in [0.5, 0.6) is 0 Å². The van der Waals surface area contributed by atoms with Crippen molar-refractivity contribution in [2.75, 3.05) is 0 Å². The van der Waals surface area contributed by atoms with Crippen LogP contribution in [0, 0.1) is 11.8 Å². The smallest absolute Gasteiger partial charge is 0.186 e. The number of carbonyl (C=O) groups is 2. The van der Waals surface area contributed by atoms with Crippen LogP contribution >= 0.6 is 0 Å². The Labute approximate surface area is 92.0 Å². The third kappa shape index (κ3) is 4.36. The average Bonchev–Trinajstić information content (AvgIpc) is 2.11. The van der Waals surface area contributed by atoms with E-state index in [4.69, 9.17) is 0 Å². The molecule has 0 saturated carbocycles. The molecule has 0 aliphatic carbocycles. The van der Waals surface area contributed by atoms with Gasteiger partial charge in [0.2, 0.25) is 0 Å². The molecular formula is C12H21NO2. The number of Topliss-reactive ketones (excluding diaryl/α,β-unsaturated/α-hetero) is 2. The number of aliphatic imine (C=N–C) groups is 1. The topological polar surface area (TPSA) is 46.5 Å². The van der Waals surface area contributed by atoms with Crippen molar-refractivity contribution in [2.45, 2.75) is 47.6 Å². The summed E-state index contributed by atoms with van der Waals surface area (Å²) in [7, 11) is 0. The number of ketones is 2. The Balaban J connectivity index is 5.08. The highest BCUT2D eigenvalue weighted by molar-refractivity contribution is 6.66. The average molecular weight is 211 g/mol. The molecule has 0 heterocycles. The summed E-state index contributed by atoms with van der Waals surface area (Å²) in [5.41, 5.74) is 0.134. The van der Waals surface area contributed by atoms with E-state index in [-0.39, 0.29) is 35.2 Å². The zero-order valence-corrected chi connectivity index (χ0v) is 10.5. The van der Waals surface area contributed by atoms with Gasteiger partial charge in [0.15, 0.2) is 11.6 Å². The fourth-order valence-corrected chi connectivity index (χ4v) is 1.05. The first kappa shape index (κ1) is 14.0. The Bertz CT molecular complexity index is 253. The van der Waals surface area contributed by atoms with Crippen molar-refractivity contribution in [3.63, 3.8) is 0 Å². The second-order valence-electron chi connectivity index (χ2n) is 4.61. The van der Waals surface area contributed by atoms with Crippen LogP contribution in [0.2, 0.25) is 0 Å². The van der Waals surface area contributed by atoms with E-state index in [1.165, 1.54) is 0 Å². The SMILES string of the molecule is CC(C)N=C(C(=O)C(C)C)C(=O)C(C)C. The van der Waals surface area contributed by atoms with Crippen molar-refractivity contribution < 1.29 is 9.59 Å². The summed E-state index contributed by atoms with van der Waals surface area (Å²) in [6.45, 7) is 10.9. The quantitative estimate of drug-likeness (QED) is 0.517. The fraction of sp³-hybridized carbons (Fsp3) is 0.750. The van der Waals surface area contributed by atoms with E-state index in [0.717, 1.165) is 0 Å². The van der Waals surface area contributed by atoms with Gasteiger partial charge in [0, 0.05) is 17.9 Å². The minimum Gasteiger partial charge on any atom is -0.292 e. The molecule has 3 heteroatoms. The highest BCUT2D eigenvalue weighted by Gasteiger charge is 2.24. The van der Waals surface area contributed by atoms with Gasteiger partial charge < -0.3 is 0 Å². The molecule has 0 amide bonds. The van der Waals surface area contributed by atoms with Crippen LogP contribution in [0.3, 0.4) is 0 Å². The fourth-order valence-electron chi connectivity index (χ4n) is 1.05. The van der Waals surface area contributed by atoms with E-state index in [1.807, 2.05) is 13.8 Å². The minimum absolute atomic E-state index is 0.0228. The standard InChI is InChI=1S/C12H21NO2/c1-7(2)11(14)10(13-9(5)6)12(15)8(3)4/h7-9H,1-6H3. The van der Waals surface area contributed by atoms with Crippen molar-refractivity contribution in [2.24, 2.45) is 16.8 Å². The number of hydrogen-bond donors (Lipinski definition) is 0. The van der Waals surface area contributed by atoms with Crippen molar-refractivity contribution >= 4 is 17.3 Å². The van der Waals surface area contributed by atoms with E-state index in [9.17, 15) is 9.59 Å². The van der Waals surface area contributed by atoms with Crippen molar-refractivity contribution in [3.8, 4) is 0 Å². The van der Waals surface area contributed by atoms with Gasteiger partial charge in [-0.15, -0.1) is 0 Å². The summed E-state index contributed by atoms with van der Waals surface area (Å²) in [6.07, 6.45) is 0. The molecule has 0 N–H and O–H groups in total. The lowest BCUT2D eigenvalue weighted by Gasteiger charge is -2.10. The Morgan fingerprint density at radius 2 is 1.13 bits per heavy atom. The monoisotopic (exact) mass is 211 g/mol. The summed E-state index contributed by atoms with van der Waals surface area (Å²) in [5, 5.41) is 0. The third-order valence-electron chi connectivity index (χ3n) is 1.90. The van der Waals surface area contributed by atoms with Crippen molar-refractivity contribution in [3.05, 3.63) is 0 Å². The van der Waals surface area contributed by atoms with E-state index in [0.29, 0.717) is 0 Å². The molecule has 0 atom stereocenters. The first-order chi connectivity index (χ1) is 6.77. The molecule has 15 heavy (non-hydrogen) atoms. The lowest BCUT2D eigenvalue weighted by Crippen LogP contribution is -2.32. The molecule has 0 bridgehead atoms. The second kappa shape index (κ2) is 5.79. The van der Waals surface area contributed by atoms with E-state index in [2.05, 4.69) is 4.99 Å². The van der Waals surface area contributed by atoms with Crippen LogP contribution in [-0.2, 0) is 9.59 Å². The number of hydrogen-bond acceptors (Lipinski definition) is 3. The minimum atomic E-state index is -0.176. The first-order valence-corrected chi connectivity index (χ1v) is 5.43. The Kier molecular flexibility index (Phi) is 5.40. The first-order valence-electron chi connectivity index (χ1n) is 5.43. The van der Waals surface area contributed by atoms with Gasteiger partial charge in [0.25, 0.3) is 0 Å². The maximum absolute atomic E-state index is 11.8. The second-order valence-corrected chi connectivity index (χ2v) is 4.61. The van der Waals surface area contributed by atoms with Crippen molar-refractivity contribution in [1.29, 1.82) is 0 Å². The van der Waals surface area contributed by atoms with Crippen LogP contribution in [0.1, 0.15) is 41.5 Å². The number of nitrogens with zero attached hydrogens (tertiary/aromatic N) is 1. The molecule has 0 saturated heterocycles. The van der Waals surface area contributed by atoms with E-state index in [1.54, 1.807) is 27.7 Å². The molecule has 0 aliphatic heterocycles. The van der Waals surface area contributed by atoms with Gasteiger partial charge >= 0.3 is 0 Å². The zero-order valence-electron chi connectivity index (χ0n) is 10.5. The van der Waals surface area contributed by atoms with Gasteiger partial charge in [-0.2, -0.15) is 0 Å². The molecule has 0 aromatic heterocycles. The van der Waals surface area contributed by atoms with Gasteiger partial charge in [0.05, 0.1) is 0 Å². The normalized spacial score (nSPS) is 11.0. The number of rotatable bonds is 5. The highest BCUT2D eigenvalue weighted by atomic mass is 16.2. The summed E-state index contributed by atoms with van der Waals surface area (Å²) in [4.78, 5) is 27.7. The molecule has 0 unspecified atom stereocenters. The van der Waals surface area contributed by atoms with Crippen molar-refractivity contribution in [1.82, 2.24) is 0 Å². The van der Waals surface area contributed by atoms with Crippen LogP contribution < -0.4 is 0 Å². The molecule has 0 spiro atoms.